The molecule has 3 aromatic carbocycles. The Kier molecular flexibility index (Phi) is 27.2. The molecule has 1 aromatic heterocycles. The Morgan fingerprint density at radius 1 is 0.647 bits per heavy atom. The van der Waals surface area contributed by atoms with E-state index >= 15 is 0 Å². The number of aromatic hydroxyl groups is 1. The molecule has 5 rings (SSSR count). The number of nitrogens with one attached hydrogen (secondary N) is 9. The van der Waals surface area contributed by atoms with Gasteiger partial charge < -0.3 is 73.5 Å². The first-order valence-corrected chi connectivity index (χ1v) is 29.9. The molecule has 0 unspecified atom stereocenters. The number of carbonyl (C=O) groups excluding carboxylic acids is 9. The number of hydrogen-bond donors (Lipinski definition) is 14. The van der Waals surface area contributed by atoms with E-state index in [2.05, 4.69) is 65.1 Å². The number of benzene rings is 3. The second-order valence-electron chi connectivity index (χ2n) is 21.1. The van der Waals surface area contributed by atoms with Crippen molar-refractivity contribution in [3.63, 3.8) is 0 Å². The summed E-state index contributed by atoms with van der Waals surface area (Å²) in [7, 11) is 0. The first-order valence-electron chi connectivity index (χ1n) is 27.9. The highest BCUT2D eigenvalue weighted by Crippen LogP contribution is 2.20. The second-order valence-corrected chi connectivity index (χ2v) is 22.5. The number of carbonyl (C=O) groups is 10. The number of thioether (sulfide) groups is 1. The molecule has 10 atom stereocenters. The number of nitrogens with zero attached hydrogens (tertiary/aromatic N) is 2. The highest BCUT2D eigenvalue weighted by atomic mass is 32.2. The molecule has 0 saturated carbocycles. The molecule has 0 radical (unpaired) electrons. The van der Waals surface area contributed by atoms with Gasteiger partial charge in [0.05, 0.1) is 19.0 Å². The van der Waals surface area contributed by atoms with Crippen LogP contribution in [0.2, 0.25) is 0 Å². The van der Waals surface area contributed by atoms with Crippen LogP contribution < -0.4 is 48.3 Å². The normalized spacial score (nSPS) is 16.1. The molecule has 2 heterocycles. The highest BCUT2D eigenvalue weighted by molar-refractivity contribution is 7.98. The van der Waals surface area contributed by atoms with Crippen LogP contribution in [0.3, 0.4) is 0 Å². The number of carboxylic acids is 1. The Balaban J connectivity index is 1.25. The highest BCUT2D eigenvalue weighted by Gasteiger charge is 2.39. The molecule has 27 heteroatoms. The minimum atomic E-state index is -1.70. The van der Waals surface area contributed by atoms with Crippen LogP contribution in [0.4, 0.5) is 0 Å². The predicted molar refractivity (Wildman–Crippen MR) is 319 cm³/mol. The van der Waals surface area contributed by atoms with E-state index in [4.69, 9.17) is 5.73 Å². The van der Waals surface area contributed by atoms with E-state index in [-0.39, 0.29) is 62.5 Å². The smallest absolute Gasteiger partial charge is 0.326 e. The summed E-state index contributed by atoms with van der Waals surface area (Å²) in [6.45, 7) is 4.22. The molecule has 25 nitrogen and oxygen atoms in total. The van der Waals surface area contributed by atoms with Gasteiger partial charge in [-0.15, -0.1) is 0 Å². The number of thiol groups is 1. The maximum atomic E-state index is 14.1. The Morgan fingerprint density at radius 2 is 1.14 bits per heavy atom. The van der Waals surface area contributed by atoms with Crippen molar-refractivity contribution in [3.8, 4) is 5.75 Å². The van der Waals surface area contributed by atoms with Crippen molar-refractivity contribution in [1.29, 1.82) is 0 Å². The van der Waals surface area contributed by atoms with Crippen molar-refractivity contribution in [3.05, 3.63) is 120 Å². The van der Waals surface area contributed by atoms with Crippen LogP contribution in [0, 0.1) is 5.92 Å². The van der Waals surface area contributed by atoms with Gasteiger partial charge in [0.2, 0.25) is 53.2 Å². The van der Waals surface area contributed by atoms with Crippen LogP contribution in [0.25, 0.3) is 0 Å². The number of aliphatic hydroxyl groups excluding tert-OH is 1. The number of phenolic OH excluding ortho intramolecular Hbond substituents is 1. The van der Waals surface area contributed by atoms with Gasteiger partial charge in [-0.1, -0.05) is 86.6 Å². The Bertz CT molecular complexity index is 2870. The largest absolute Gasteiger partial charge is 0.508 e. The van der Waals surface area contributed by atoms with Crippen LogP contribution in [-0.4, -0.2) is 181 Å². The maximum absolute atomic E-state index is 14.1. The van der Waals surface area contributed by atoms with Crippen molar-refractivity contribution >= 4 is 83.5 Å². The molecule has 4 aromatic rings. The van der Waals surface area contributed by atoms with E-state index in [0.29, 0.717) is 35.4 Å². The molecule has 1 aliphatic heterocycles. The number of imidazole rings is 1. The van der Waals surface area contributed by atoms with Gasteiger partial charge in [0.1, 0.15) is 60.1 Å². The van der Waals surface area contributed by atoms with Gasteiger partial charge in [-0.3, -0.25) is 43.2 Å². The molecule has 460 valence electrons. The topological polar surface area (TPSA) is 386 Å². The summed E-state index contributed by atoms with van der Waals surface area (Å²) in [6.07, 6.45) is 5.43. The fourth-order valence-corrected chi connectivity index (χ4v) is 10.1. The van der Waals surface area contributed by atoms with E-state index in [1.54, 1.807) is 50.4 Å². The van der Waals surface area contributed by atoms with Gasteiger partial charge in [-0.25, -0.2) is 9.78 Å². The number of nitrogens with two attached hydrogens (primary N) is 1. The van der Waals surface area contributed by atoms with E-state index in [0.717, 1.165) is 5.56 Å². The Hall–Kier alpha value is -8.01. The van der Waals surface area contributed by atoms with Gasteiger partial charge in [-0.2, -0.15) is 24.4 Å². The number of aromatic nitrogens is 2. The lowest BCUT2D eigenvalue weighted by Gasteiger charge is -2.29. The van der Waals surface area contributed by atoms with Crippen LogP contribution in [-0.2, 0) is 73.6 Å². The third-order valence-electron chi connectivity index (χ3n) is 13.9. The summed E-state index contributed by atoms with van der Waals surface area (Å²) in [5.41, 5.74) is 8.69. The van der Waals surface area contributed by atoms with Crippen molar-refractivity contribution in [2.45, 2.75) is 133 Å². The molecule has 85 heavy (non-hydrogen) atoms. The summed E-state index contributed by atoms with van der Waals surface area (Å²) in [5, 5.41) is 50.7. The molecule has 0 aliphatic carbocycles. The van der Waals surface area contributed by atoms with Gasteiger partial charge in [0, 0.05) is 43.5 Å². The lowest BCUT2D eigenvalue weighted by Crippen LogP contribution is -2.61. The first-order chi connectivity index (χ1) is 40.6. The van der Waals surface area contributed by atoms with Crippen molar-refractivity contribution in [2.24, 2.45) is 11.7 Å². The first kappa shape index (κ1) is 67.8. The number of aliphatic carboxylic acids is 1. The summed E-state index contributed by atoms with van der Waals surface area (Å²) in [6, 6.07) is 10.4. The number of likely N-dealkylation sites (tertiary alicyclic amines) is 1. The average Bonchev–Trinajstić information content (AvgIpc) is 4.29. The number of phenols is 1. The average molecular weight is 1220 g/mol. The van der Waals surface area contributed by atoms with Crippen LogP contribution >= 0.6 is 24.4 Å². The zero-order valence-corrected chi connectivity index (χ0v) is 49.5. The lowest BCUT2D eigenvalue weighted by molar-refractivity contribution is -0.142. The summed E-state index contributed by atoms with van der Waals surface area (Å²) in [5.74, 6) is -8.57. The minimum Gasteiger partial charge on any atom is -0.508 e. The molecule has 0 bridgehead atoms. The fourth-order valence-electron chi connectivity index (χ4n) is 9.32. The number of amides is 9. The lowest BCUT2D eigenvalue weighted by atomic mass is 10.0. The zero-order valence-electron chi connectivity index (χ0n) is 47.8. The van der Waals surface area contributed by atoms with Crippen LogP contribution in [0.15, 0.2) is 97.5 Å². The number of aromatic amines is 1. The molecule has 9 amide bonds. The predicted octanol–water partition coefficient (Wildman–Crippen LogP) is -0.592. The zero-order chi connectivity index (χ0) is 62.2. The van der Waals surface area contributed by atoms with Gasteiger partial charge in [0.15, 0.2) is 0 Å². The van der Waals surface area contributed by atoms with Crippen molar-refractivity contribution in [2.75, 3.05) is 30.9 Å². The van der Waals surface area contributed by atoms with Gasteiger partial charge in [-0.05, 0) is 85.8 Å². The van der Waals surface area contributed by atoms with E-state index in [1.807, 2.05) is 30.3 Å². The molecular weight excluding hydrogens is 1140 g/mol. The van der Waals surface area contributed by atoms with E-state index in [1.165, 1.54) is 60.4 Å². The molecule has 1 saturated heterocycles. The Morgan fingerprint density at radius 3 is 1.68 bits per heavy atom. The van der Waals surface area contributed by atoms with Crippen molar-refractivity contribution < 1.29 is 63.3 Å². The van der Waals surface area contributed by atoms with E-state index < -0.39 is 126 Å². The molecule has 14 N–H and O–H groups in total. The number of rotatable bonds is 33. The number of aliphatic hydroxyl groups is 1. The third-order valence-corrected chi connectivity index (χ3v) is 14.9. The third kappa shape index (κ3) is 21.5. The standard InChI is InChI=1S/C58H78N12O13S2/c1-33(2)24-42(65-55(79)47(31-84)69-53(77)45(28-38-29-60-32-61-38)67-56(80)48-16-11-22-70(48)57(81)40(59)25-35-12-7-5-8-13-35)50(74)62-34(3)49(73)64-43(26-36-14-9-6-10-15-36)52(76)68-46(30-71)54(78)66-44(27-37-17-19-39(72)20-18-37)51(75)63-41(58(82)83)21-23-85-4/h5-10,12-15,17-20,29,32-34,40-48,71-72,84H,11,16,21-28,30-31,59H2,1-4H3,(H,60,61)(H,62,74)(H,63,75)(H,64,73)(H,65,79)(H,66,78)(H,67,80)(H,68,76)(H,69,77)(H,82,83)/t34-,40-,41-,42-,43-,44-,45-,46-,47-,48-/m0/s1. The van der Waals surface area contributed by atoms with Crippen LogP contribution in [0.5, 0.6) is 5.75 Å². The SMILES string of the molecule is CSCC[C@H](NC(=O)[C@H](Cc1ccc(O)cc1)NC(=O)[C@H](CO)NC(=O)[C@H](Cc1ccccc1)NC(=O)[C@H](C)NC(=O)[C@H](CC(C)C)NC(=O)[C@H](CS)NC(=O)[C@H](Cc1cnc[nH]1)NC(=O)[C@@H]1CCCN1C(=O)[C@@H](N)Cc1ccccc1)C(=O)O. The summed E-state index contributed by atoms with van der Waals surface area (Å²) < 4.78 is 0. The maximum Gasteiger partial charge on any atom is 0.326 e. The second kappa shape index (κ2) is 34.1. The number of carboxylic acid groups (broad SMARTS) is 1. The van der Waals surface area contributed by atoms with Gasteiger partial charge in [0.25, 0.3) is 0 Å². The molecular formula is C58H78N12O13S2. The van der Waals surface area contributed by atoms with Gasteiger partial charge >= 0.3 is 5.97 Å². The molecule has 1 aliphatic rings. The summed E-state index contributed by atoms with van der Waals surface area (Å²) in [4.78, 5) is 146. The quantitative estimate of drug-likeness (QED) is 0.0265. The monoisotopic (exact) mass is 1210 g/mol. The number of H-pyrrole nitrogens is 1. The fraction of sp³-hybridized carbons (Fsp3) is 0.466. The summed E-state index contributed by atoms with van der Waals surface area (Å²) >= 11 is 5.70. The minimum absolute atomic E-state index is 0.0581. The van der Waals surface area contributed by atoms with Crippen molar-refractivity contribution in [1.82, 2.24) is 57.4 Å². The molecule has 0 spiro atoms. The molecule has 1 fully saturated rings. The Labute approximate surface area is 502 Å². The number of hydrogen-bond acceptors (Lipinski definition) is 16. The van der Waals surface area contributed by atoms with E-state index in [9.17, 15) is 63.3 Å². The van der Waals surface area contributed by atoms with Crippen LogP contribution in [0.1, 0.15) is 68.8 Å².